The number of unbranched alkanes of at least 4 members (excludes halogenated alkanes) is 46. The largest absolute Gasteiger partial charge is 0.472 e. The first-order valence-corrected chi connectivity index (χ1v) is 40.3. The van der Waals surface area contributed by atoms with Crippen LogP contribution in [0.25, 0.3) is 0 Å². The van der Waals surface area contributed by atoms with Gasteiger partial charge in [0.1, 0.15) is 19.3 Å². The molecule has 0 aromatic carbocycles. The Labute approximate surface area is 549 Å². The molecule has 17 nitrogen and oxygen atoms in total. The van der Waals surface area contributed by atoms with E-state index < -0.39 is 97.5 Å². The number of hydrogen-bond acceptors (Lipinski definition) is 15. The van der Waals surface area contributed by atoms with Gasteiger partial charge in [0.25, 0.3) is 0 Å². The molecule has 0 rings (SSSR count). The maximum atomic E-state index is 13.0. The zero-order chi connectivity index (χ0) is 66.1. The molecule has 0 bridgehead atoms. The predicted octanol–water partition coefficient (Wildman–Crippen LogP) is 20.7. The molecular weight excluding hydrogens is 1190 g/mol. The van der Waals surface area contributed by atoms with Crippen LogP contribution in [0.15, 0.2) is 0 Å². The molecule has 19 heteroatoms. The molecule has 0 spiro atoms. The molecule has 0 saturated heterocycles. The third-order valence-corrected chi connectivity index (χ3v) is 18.5. The first-order chi connectivity index (χ1) is 43.7. The highest BCUT2D eigenvalue weighted by atomic mass is 31.2. The number of phosphoric acid groups is 2. The van der Waals surface area contributed by atoms with Crippen molar-refractivity contribution in [2.45, 2.75) is 393 Å². The standard InChI is InChI=1S/C71H138O17P2/c1-5-9-13-17-21-25-28-30-32-33-35-38-42-46-50-54-58-71(76)88-67(62-82-69(74)56-52-48-44-40-37-34-31-29-26-22-18-14-10-6-2)64-86-90(79,80)84-60-65(72)59-83-89(77,78)85-63-66(61-81-68(73)55-51-47-43-39-24-20-16-12-8-4)87-70(75)57-53-49-45-41-36-27-23-19-15-11-7-3/h65-67,72H,5-64H2,1-4H3,(H,77,78)(H,79,80)/t65-,66+,67+/m0/s1. The monoisotopic (exact) mass is 1320 g/mol. The van der Waals surface area contributed by atoms with Crippen molar-refractivity contribution in [2.24, 2.45) is 0 Å². The van der Waals surface area contributed by atoms with Gasteiger partial charge in [-0.1, -0.05) is 323 Å². The van der Waals surface area contributed by atoms with Gasteiger partial charge in [0.2, 0.25) is 0 Å². The van der Waals surface area contributed by atoms with Crippen LogP contribution in [-0.4, -0.2) is 96.7 Å². The first kappa shape index (κ1) is 88.1. The van der Waals surface area contributed by atoms with E-state index >= 15 is 0 Å². The second-order valence-electron chi connectivity index (χ2n) is 25.6. The number of esters is 4. The summed E-state index contributed by atoms with van der Waals surface area (Å²) in [7, 11) is -9.90. The number of hydrogen-bond donors (Lipinski definition) is 3. The summed E-state index contributed by atoms with van der Waals surface area (Å²) < 4.78 is 68.3. The highest BCUT2D eigenvalue weighted by Gasteiger charge is 2.30. The van der Waals surface area contributed by atoms with Crippen LogP contribution in [0, 0.1) is 0 Å². The van der Waals surface area contributed by atoms with Crippen LogP contribution in [0.4, 0.5) is 0 Å². The summed E-state index contributed by atoms with van der Waals surface area (Å²) in [5, 5.41) is 10.6. The lowest BCUT2D eigenvalue weighted by Crippen LogP contribution is -2.30. The molecule has 0 fully saturated rings. The number of aliphatic hydroxyl groups is 1. The van der Waals surface area contributed by atoms with Gasteiger partial charge in [0, 0.05) is 25.7 Å². The third kappa shape index (κ3) is 64.8. The van der Waals surface area contributed by atoms with Gasteiger partial charge in [-0.2, -0.15) is 0 Å². The summed E-state index contributed by atoms with van der Waals surface area (Å²) in [6, 6.07) is 0. The average Bonchev–Trinajstić information content (AvgIpc) is 3.74. The minimum atomic E-state index is -4.95. The van der Waals surface area contributed by atoms with Gasteiger partial charge >= 0.3 is 39.5 Å². The number of ether oxygens (including phenoxy) is 4. The highest BCUT2D eigenvalue weighted by Crippen LogP contribution is 2.45. The van der Waals surface area contributed by atoms with E-state index in [9.17, 15) is 43.2 Å². The van der Waals surface area contributed by atoms with E-state index in [0.29, 0.717) is 25.7 Å². The van der Waals surface area contributed by atoms with E-state index in [1.807, 2.05) is 0 Å². The number of rotatable bonds is 72. The first-order valence-electron chi connectivity index (χ1n) is 37.3. The predicted molar refractivity (Wildman–Crippen MR) is 363 cm³/mol. The van der Waals surface area contributed by atoms with Gasteiger partial charge < -0.3 is 33.8 Å². The topological polar surface area (TPSA) is 237 Å². The van der Waals surface area contributed by atoms with E-state index in [2.05, 4.69) is 27.7 Å². The van der Waals surface area contributed by atoms with Crippen LogP contribution >= 0.6 is 15.6 Å². The molecular formula is C71H138O17P2. The Morgan fingerprint density at radius 3 is 0.656 bits per heavy atom. The van der Waals surface area contributed by atoms with Crippen molar-refractivity contribution in [1.29, 1.82) is 0 Å². The Balaban J connectivity index is 5.22. The van der Waals surface area contributed by atoms with E-state index in [-0.39, 0.29) is 25.7 Å². The van der Waals surface area contributed by atoms with Crippen LogP contribution in [0.3, 0.4) is 0 Å². The number of carbonyl (C=O) groups is 4. The molecule has 0 amide bonds. The van der Waals surface area contributed by atoms with Gasteiger partial charge in [-0.25, -0.2) is 9.13 Å². The van der Waals surface area contributed by atoms with Crippen LogP contribution in [-0.2, 0) is 65.4 Å². The molecule has 0 heterocycles. The number of phosphoric ester groups is 2. The molecule has 2 unspecified atom stereocenters. The van der Waals surface area contributed by atoms with Crippen molar-refractivity contribution < 1.29 is 80.2 Å². The molecule has 0 aromatic heterocycles. The zero-order valence-electron chi connectivity index (χ0n) is 58.1. The molecule has 0 aliphatic heterocycles. The Bertz CT molecular complexity index is 1720. The third-order valence-electron chi connectivity index (χ3n) is 16.6. The quantitative estimate of drug-likeness (QED) is 0.0222. The Morgan fingerprint density at radius 1 is 0.267 bits per heavy atom. The molecule has 0 aliphatic rings. The summed E-state index contributed by atoms with van der Waals surface area (Å²) in [6.45, 7) is 4.94. The van der Waals surface area contributed by atoms with Crippen LogP contribution in [0.2, 0.25) is 0 Å². The Hall–Kier alpha value is -1.94. The van der Waals surface area contributed by atoms with E-state index in [1.54, 1.807) is 0 Å². The lowest BCUT2D eigenvalue weighted by molar-refractivity contribution is -0.161. The fourth-order valence-electron chi connectivity index (χ4n) is 10.9. The maximum Gasteiger partial charge on any atom is 0.472 e. The lowest BCUT2D eigenvalue weighted by Gasteiger charge is -2.21. The molecule has 90 heavy (non-hydrogen) atoms. The molecule has 0 aromatic rings. The van der Waals surface area contributed by atoms with Gasteiger partial charge in [-0.15, -0.1) is 0 Å². The van der Waals surface area contributed by atoms with E-state index in [4.69, 9.17) is 37.0 Å². The Kier molecular flexibility index (Phi) is 64.3. The maximum absolute atomic E-state index is 13.0. The van der Waals surface area contributed by atoms with Crippen LogP contribution in [0.1, 0.15) is 374 Å². The number of aliphatic hydroxyl groups excluding tert-OH is 1. The molecule has 5 atom stereocenters. The summed E-state index contributed by atoms with van der Waals surface area (Å²) >= 11 is 0. The highest BCUT2D eigenvalue weighted by molar-refractivity contribution is 7.47. The van der Waals surface area contributed by atoms with Crippen LogP contribution < -0.4 is 0 Å². The molecule has 0 saturated carbocycles. The van der Waals surface area contributed by atoms with Crippen molar-refractivity contribution in [3.8, 4) is 0 Å². The normalized spacial score (nSPS) is 14.0. The van der Waals surface area contributed by atoms with Gasteiger partial charge in [-0.05, 0) is 25.7 Å². The SMILES string of the molecule is CCCCCCCCCCCCCCCCCCC(=O)O[C@H](COC(=O)CCCCCCCCCCCCCCCC)COP(=O)(O)OC[C@@H](O)COP(=O)(O)OC[C@@H](COC(=O)CCCCCCCCCCC)OC(=O)CCCCCCCCCCCCC. The Morgan fingerprint density at radius 2 is 0.444 bits per heavy atom. The minimum absolute atomic E-state index is 0.107. The summed E-state index contributed by atoms with van der Waals surface area (Å²) in [4.78, 5) is 72.5. The smallest absolute Gasteiger partial charge is 0.462 e. The van der Waals surface area contributed by atoms with Gasteiger partial charge in [0.15, 0.2) is 12.2 Å². The van der Waals surface area contributed by atoms with Crippen molar-refractivity contribution in [3.05, 3.63) is 0 Å². The van der Waals surface area contributed by atoms with Crippen molar-refractivity contribution >= 4 is 39.5 Å². The molecule has 0 radical (unpaired) electrons. The summed E-state index contributed by atoms with van der Waals surface area (Å²) in [5.74, 6) is -2.12. The zero-order valence-corrected chi connectivity index (χ0v) is 59.9. The van der Waals surface area contributed by atoms with E-state index in [0.717, 1.165) is 89.9 Å². The van der Waals surface area contributed by atoms with Crippen LogP contribution in [0.5, 0.6) is 0 Å². The van der Waals surface area contributed by atoms with Crippen molar-refractivity contribution in [1.82, 2.24) is 0 Å². The van der Waals surface area contributed by atoms with Gasteiger partial charge in [-0.3, -0.25) is 37.3 Å². The summed E-state index contributed by atoms with van der Waals surface area (Å²) in [5.41, 5.74) is 0. The molecule has 3 N–H and O–H groups in total. The molecule has 0 aliphatic carbocycles. The number of carbonyl (C=O) groups excluding carboxylic acids is 4. The second-order valence-corrected chi connectivity index (χ2v) is 28.5. The summed E-state index contributed by atoms with van der Waals surface area (Å²) in [6.07, 6.45) is 53.9. The lowest BCUT2D eigenvalue weighted by atomic mass is 10.0. The van der Waals surface area contributed by atoms with Gasteiger partial charge in [0.05, 0.1) is 26.4 Å². The fraction of sp³-hybridized carbons (Fsp3) is 0.944. The van der Waals surface area contributed by atoms with E-state index in [1.165, 1.54) is 205 Å². The fourth-order valence-corrected chi connectivity index (χ4v) is 12.4. The molecule has 534 valence electrons. The van der Waals surface area contributed by atoms with Crippen molar-refractivity contribution in [2.75, 3.05) is 39.6 Å². The second kappa shape index (κ2) is 65.7. The average molecular weight is 1330 g/mol. The van der Waals surface area contributed by atoms with Crippen molar-refractivity contribution in [3.63, 3.8) is 0 Å². The minimum Gasteiger partial charge on any atom is -0.462 e.